The largest absolute Gasteiger partial charge is 0.427 e. The highest BCUT2D eigenvalue weighted by molar-refractivity contribution is 5.44. The van der Waals surface area contributed by atoms with E-state index in [0.717, 1.165) is 4.73 Å². The van der Waals surface area contributed by atoms with Gasteiger partial charge >= 0.3 is 0 Å². The predicted molar refractivity (Wildman–Crippen MR) is 36.4 cm³/mol. The Bertz CT molecular complexity index is 356. The fourth-order valence-electron chi connectivity index (χ4n) is 0.928. The fourth-order valence-corrected chi connectivity index (χ4v) is 0.928. The molecule has 0 saturated heterocycles. The average molecular weight is 150 g/mol. The Morgan fingerprint density at radius 1 is 1.45 bits per heavy atom. The van der Waals surface area contributed by atoms with Crippen LogP contribution in [0.1, 0.15) is 5.69 Å². The smallest absolute Gasteiger partial charge is 0.214 e. The zero-order valence-corrected chi connectivity index (χ0v) is 5.89. The molecule has 5 heteroatoms. The van der Waals surface area contributed by atoms with Gasteiger partial charge in [-0.15, -0.1) is 0 Å². The summed E-state index contributed by atoms with van der Waals surface area (Å²) >= 11 is 0. The monoisotopic (exact) mass is 150 g/mol. The van der Waals surface area contributed by atoms with Crippen molar-refractivity contribution in [2.75, 3.05) is 0 Å². The van der Waals surface area contributed by atoms with E-state index in [1.165, 1.54) is 12.5 Å². The quantitative estimate of drug-likeness (QED) is 0.549. The van der Waals surface area contributed by atoms with Crippen LogP contribution in [0.25, 0.3) is 11.6 Å². The standard InChI is InChI=1S/C6H6N4O/c1-4-2-10(11)6-5(9-4)7-3-8-6/h2-3,11H,1H3. The van der Waals surface area contributed by atoms with Crippen molar-refractivity contribution >= 4 is 0 Å². The van der Waals surface area contributed by atoms with Crippen LogP contribution >= 0.6 is 0 Å². The van der Waals surface area contributed by atoms with E-state index in [-0.39, 0.29) is 0 Å². The normalized spacial score (nSPS) is 10.6. The van der Waals surface area contributed by atoms with Crippen molar-refractivity contribution in [2.45, 2.75) is 6.92 Å². The third-order valence-electron chi connectivity index (χ3n) is 1.37. The van der Waals surface area contributed by atoms with Crippen molar-refractivity contribution in [2.24, 2.45) is 0 Å². The number of fused-ring (bicyclic) bond motifs is 1. The molecule has 1 N–H and O–H groups in total. The molecule has 0 aromatic rings. The van der Waals surface area contributed by atoms with Gasteiger partial charge in [-0.1, -0.05) is 0 Å². The van der Waals surface area contributed by atoms with E-state index in [0.29, 0.717) is 17.3 Å². The van der Waals surface area contributed by atoms with E-state index in [1.807, 2.05) is 0 Å². The Balaban J connectivity index is 2.79. The second-order valence-electron chi connectivity index (χ2n) is 2.25. The van der Waals surface area contributed by atoms with Gasteiger partial charge in [0.2, 0.25) is 11.6 Å². The van der Waals surface area contributed by atoms with Gasteiger partial charge in [-0.2, -0.15) is 4.73 Å². The third-order valence-corrected chi connectivity index (χ3v) is 1.37. The van der Waals surface area contributed by atoms with Gasteiger partial charge in [-0.05, 0) is 6.92 Å². The summed E-state index contributed by atoms with van der Waals surface area (Å²) in [5.74, 6) is 0.850. The minimum Gasteiger partial charge on any atom is -0.427 e. The molecule has 0 spiro atoms. The first-order valence-electron chi connectivity index (χ1n) is 3.13. The van der Waals surface area contributed by atoms with Crippen LogP contribution in [0.2, 0.25) is 0 Å². The van der Waals surface area contributed by atoms with E-state index < -0.39 is 0 Å². The molecule has 0 unspecified atom stereocenters. The van der Waals surface area contributed by atoms with Crippen molar-refractivity contribution in [1.82, 2.24) is 19.7 Å². The maximum atomic E-state index is 9.22. The zero-order chi connectivity index (χ0) is 7.84. The van der Waals surface area contributed by atoms with Gasteiger partial charge in [0.15, 0.2) is 0 Å². The Morgan fingerprint density at radius 2 is 2.27 bits per heavy atom. The number of imidazole rings is 1. The number of hydrogen-bond donors (Lipinski definition) is 1. The Labute approximate surface area is 62.7 Å². The molecular formula is C6H6N4O. The predicted octanol–water partition coefficient (Wildman–Crippen LogP) is 0.324. The Hall–Kier alpha value is -1.65. The molecule has 0 saturated carbocycles. The van der Waals surface area contributed by atoms with E-state index in [4.69, 9.17) is 0 Å². The van der Waals surface area contributed by atoms with E-state index in [9.17, 15) is 5.21 Å². The van der Waals surface area contributed by atoms with Crippen LogP contribution in [0, 0.1) is 6.92 Å². The van der Waals surface area contributed by atoms with Crippen molar-refractivity contribution in [3.8, 4) is 11.6 Å². The lowest BCUT2D eigenvalue weighted by atomic mass is 10.4. The second-order valence-corrected chi connectivity index (χ2v) is 2.25. The number of aryl methyl sites for hydroxylation is 1. The lowest BCUT2D eigenvalue weighted by Crippen LogP contribution is -2.02. The molecule has 2 heterocycles. The molecule has 56 valence electrons. The van der Waals surface area contributed by atoms with E-state index in [1.54, 1.807) is 6.92 Å². The summed E-state index contributed by atoms with van der Waals surface area (Å²) in [4.78, 5) is 11.7. The topological polar surface area (TPSA) is 63.8 Å². The highest BCUT2D eigenvalue weighted by Gasteiger charge is 2.10. The van der Waals surface area contributed by atoms with Crippen molar-refractivity contribution in [1.29, 1.82) is 0 Å². The molecule has 0 amide bonds. The summed E-state index contributed by atoms with van der Waals surface area (Å²) in [7, 11) is 0. The zero-order valence-electron chi connectivity index (χ0n) is 5.89. The molecule has 0 fully saturated rings. The highest BCUT2D eigenvalue weighted by atomic mass is 16.5. The highest BCUT2D eigenvalue weighted by Crippen LogP contribution is 2.12. The van der Waals surface area contributed by atoms with Crippen LogP contribution in [0.5, 0.6) is 0 Å². The van der Waals surface area contributed by atoms with Gasteiger partial charge < -0.3 is 5.21 Å². The first-order valence-corrected chi connectivity index (χ1v) is 3.13. The van der Waals surface area contributed by atoms with E-state index in [2.05, 4.69) is 15.0 Å². The SMILES string of the molecule is Cc1cn(O)c2ncnc-2n1. The molecule has 0 aromatic carbocycles. The Morgan fingerprint density at radius 3 is 3.09 bits per heavy atom. The number of aromatic nitrogens is 4. The molecule has 0 radical (unpaired) electrons. The third kappa shape index (κ3) is 0.813. The van der Waals surface area contributed by atoms with Crippen molar-refractivity contribution in [3.05, 3.63) is 18.2 Å². The molecule has 2 aliphatic heterocycles. The van der Waals surface area contributed by atoms with Crippen LogP contribution in [0.15, 0.2) is 12.5 Å². The van der Waals surface area contributed by atoms with Crippen molar-refractivity contribution < 1.29 is 5.21 Å². The van der Waals surface area contributed by atoms with Gasteiger partial charge in [0.1, 0.15) is 6.33 Å². The summed E-state index contributed by atoms with van der Waals surface area (Å²) in [5, 5.41) is 9.22. The number of hydrogen-bond acceptors (Lipinski definition) is 4. The van der Waals surface area contributed by atoms with Gasteiger partial charge in [0.25, 0.3) is 0 Å². The average Bonchev–Trinajstić information content (AvgIpc) is 2.34. The lowest BCUT2D eigenvalue weighted by Gasteiger charge is -2.02. The summed E-state index contributed by atoms with van der Waals surface area (Å²) < 4.78 is 0.921. The molecule has 0 atom stereocenters. The molecular weight excluding hydrogens is 144 g/mol. The van der Waals surface area contributed by atoms with Crippen LogP contribution in [-0.4, -0.2) is 24.9 Å². The maximum Gasteiger partial charge on any atom is 0.214 e. The molecule has 0 aliphatic carbocycles. The lowest BCUT2D eigenvalue weighted by molar-refractivity contribution is 0.185. The summed E-state index contributed by atoms with van der Waals surface area (Å²) in [5.41, 5.74) is 0.709. The molecule has 0 bridgehead atoms. The molecule has 11 heavy (non-hydrogen) atoms. The molecule has 0 aromatic heterocycles. The van der Waals surface area contributed by atoms with Gasteiger partial charge in [-0.25, -0.2) is 15.0 Å². The number of rotatable bonds is 0. The van der Waals surface area contributed by atoms with Crippen molar-refractivity contribution in [3.63, 3.8) is 0 Å². The summed E-state index contributed by atoms with van der Waals surface area (Å²) in [6.45, 7) is 1.78. The number of nitrogens with zero attached hydrogens (tertiary/aromatic N) is 4. The van der Waals surface area contributed by atoms with Crippen LogP contribution in [-0.2, 0) is 0 Å². The van der Waals surface area contributed by atoms with Crippen LogP contribution in [0.3, 0.4) is 0 Å². The molecule has 2 rings (SSSR count). The first-order chi connectivity index (χ1) is 5.27. The minimum absolute atomic E-state index is 0.385. The summed E-state index contributed by atoms with van der Waals surface area (Å²) in [6.07, 6.45) is 2.85. The maximum absolute atomic E-state index is 9.22. The second kappa shape index (κ2) is 1.91. The van der Waals surface area contributed by atoms with Gasteiger partial charge in [0.05, 0.1) is 11.9 Å². The van der Waals surface area contributed by atoms with Gasteiger partial charge in [0, 0.05) is 0 Å². The molecule has 2 aliphatic rings. The minimum atomic E-state index is 0.385. The first kappa shape index (κ1) is 6.09. The summed E-state index contributed by atoms with van der Waals surface area (Å²) in [6, 6.07) is 0. The van der Waals surface area contributed by atoms with Crippen LogP contribution in [0.4, 0.5) is 0 Å². The Kier molecular flexibility index (Phi) is 1.06. The van der Waals surface area contributed by atoms with Gasteiger partial charge in [-0.3, -0.25) is 0 Å². The fraction of sp³-hybridized carbons (Fsp3) is 0.167. The molecule has 5 nitrogen and oxygen atoms in total. The van der Waals surface area contributed by atoms with Crippen LogP contribution < -0.4 is 0 Å². The van der Waals surface area contributed by atoms with E-state index >= 15 is 0 Å².